The van der Waals surface area contributed by atoms with Crippen molar-refractivity contribution in [2.45, 2.75) is 26.4 Å². The van der Waals surface area contributed by atoms with E-state index >= 15 is 0 Å². The summed E-state index contributed by atoms with van der Waals surface area (Å²) in [5.41, 5.74) is 0.0844. The van der Waals surface area contributed by atoms with Crippen molar-refractivity contribution in [3.63, 3.8) is 0 Å². The van der Waals surface area contributed by atoms with Crippen LogP contribution in [0, 0.1) is 0 Å². The summed E-state index contributed by atoms with van der Waals surface area (Å²) in [6, 6.07) is 0. The Morgan fingerprint density at radius 2 is 2.09 bits per heavy atom. The van der Waals surface area contributed by atoms with Crippen molar-refractivity contribution >= 4 is 19.0 Å². The predicted molar refractivity (Wildman–Crippen MR) is 50.0 cm³/mol. The van der Waals surface area contributed by atoms with Gasteiger partial charge in [-0.15, -0.1) is 11.6 Å². The van der Waals surface area contributed by atoms with Gasteiger partial charge in [0.1, 0.15) is 0 Å². The van der Waals surface area contributed by atoms with Gasteiger partial charge >= 0.3 is 0 Å². The van der Waals surface area contributed by atoms with Crippen LogP contribution in [0.2, 0.25) is 0 Å². The summed E-state index contributed by atoms with van der Waals surface area (Å²) < 4.78 is 17.0. The Bertz CT molecular complexity index is 137. The zero-order chi connectivity index (χ0) is 8.91. The topological polar surface area (TPSA) is 26.3 Å². The van der Waals surface area contributed by atoms with E-state index in [2.05, 4.69) is 0 Å². The minimum atomic E-state index is -2.42. The average Bonchev–Trinajstić information content (AvgIpc) is 1.88. The molecule has 0 saturated carbocycles. The lowest BCUT2D eigenvalue weighted by Gasteiger charge is -2.20. The first kappa shape index (κ1) is 11.5. The molecule has 0 N–H and O–H groups in total. The van der Waals surface area contributed by atoms with Crippen molar-refractivity contribution < 1.29 is 9.09 Å². The lowest BCUT2D eigenvalue weighted by atomic mass is 10.6. The molecular formula is C7H16ClO2P. The molecule has 0 aliphatic rings. The van der Waals surface area contributed by atoms with E-state index < -0.39 is 7.37 Å². The molecule has 1 atom stereocenters. The maximum Gasteiger partial charge on any atom is 0.206 e. The summed E-state index contributed by atoms with van der Waals surface area (Å²) in [7, 11) is -2.42. The molecule has 4 heteroatoms. The first-order valence-electron chi connectivity index (χ1n) is 3.86. The molecule has 0 rings (SSSR count). The average molecular weight is 199 g/mol. The highest BCUT2D eigenvalue weighted by atomic mass is 35.5. The second-order valence-corrected chi connectivity index (χ2v) is 6.22. The molecule has 0 radical (unpaired) electrons. The lowest BCUT2D eigenvalue weighted by Crippen LogP contribution is -2.06. The van der Waals surface area contributed by atoms with Crippen LogP contribution in [0.25, 0.3) is 0 Å². The van der Waals surface area contributed by atoms with Crippen LogP contribution in [0.5, 0.6) is 0 Å². The largest absolute Gasteiger partial charge is 0.329 e. The van der Waals surface area contributed by atoms with Gasteiger partial charge in [0.2, 0.25) is 7.37 Å². The normalized spacial score (nSPS) is 16.8. The second kappa shape index (κ2) is 5.18. The van der Waals surface area contributed by atoms with Gasteiger partial charge in [-0.2, -0.15) is 0 Å². The molecule has 0 aliphatic carbocycles. The molecule has 0 amide bonds. The van der Waals surface area contributed by atoms with Crippen LogP contribution in [0.4, 0.5) is 0 Å². The molecule has 0 saturated heterocycles. The monoisotopic (exact) mass is 198 g/mol. The molecule has 2 nitrogen and oxygen atoms in total. The van der Waals surface area contributed by atoms with Gasteiger partial charge in [0, 0.05) is 17.7 Å². The predicted octanol–water partition coefficient (Wildman–Crippen LogP) is 2.95. The zero-order valence-electron chi connectivity index (χ0n) is 7.34. The fraction of sp³-hybridized carbons (Fsp3) is 1.00. The smallest absolute Gasteiger partial charge is 0.206 e. The first-order valence-corrected chi connectivity index (χ1v) is 6.27. The van der Waals surface area contributed by atoms with Crippen LogP contribution in [0.3, 0.4) is 0 Å². The quantitative estimate of drug-likeness (QED) is 0.502. The van der Waals surface area contributed by atoms with Crippen molar-refractivity contribution in [2.24, 2.45) is 0 Å². The molecule has 0 bridgehead atoms. The van der Waals surface area contributed by atoms with E-state index in [4.69, 9.17) is 16.1 Å². The molecule has 68 valence electrons. The van der Waals surface area contributed by atoms with Gasteiger partial charge in [0.25, 0.3) is 0 Å². The van der Waals surface area contributed by atoms with Crippen LogP contribution >= 0.6 is 19.0 Å². The van der Waals surface area contributed by atoms with Gasteiger partial charge in [-0.3, -0.25) is 4.57 Å². The van der Waals surface area contributed by atoms with Gasteiger partial charge in [-0.25, -0.2) is 0 Å². The molecule has 0 aromatic carbocycles. The number of alkyl halides is 1. The highest BCUT2D eigenvalue weighted by molar-refractivity contribution is 7.59. The molecule has 0 aromatic rings. The summed E-state index contributed by atoms with van der Waals surface area (Å²) in [6.07, 6.45) is 0.486. The van der Waals surface area contributed by atoms with E-state index in [9.17, 15) is 4.57 Å². The van der Waals surface area contributed by atoms with Crippen molar-refractivity contribution in [1.82, 2.24) is 0 Å². The first-order chi connectivity index (χ1) is 5.06. The molecule has 0 heterocycles. The fourth-order valence-corrected chi connectivity index (χ4v) is 3.13. The summed E-state index contributed by atoms with van der Waals surface area (Å²) in [5.74, 6) is 0.412. The number of rotatable bonds is 5. The van der Waals surface area contributed by atoms with Crippen molar-refractivity contribution in [3.8, 4) is 0 Å². The Morgan fingerprint density at radius 3 is 2.36 bits per heavy atom. The summed E-state index contributed by atoms with van der Waals surface area (Å²) in [6.45, 7) is 6.17. The maximum atomic E-state index is 11.8. The number of hydrogen-bond donors (Lipinski definition) is 0. The van der Waals surface area contributed by atoms with E-state index in [1.165, 1.54) is 0 Å². The van der Waals surface area contributed by atoms with E-state index in [0.29, 0.717) is 18.6 Å². The molecule has 1 unspecified atom stereocenters. The maximum absolute atomic E-state index is 11.8. The van der Waals surface area contributed by atoms with Crippen molar-refractivity contribution in [1.29, 1.82) is 0 Å². The highest BCUT2D eigenvalue weighted by Crippen LogP contribution is 2.51. The van der Waals surface area contributed by atoms with Crippen molar-refractivity contribution in [2.75, 3.05) is 18.6 Å². The molecule has 0 fully saturated rings. The Morgan fingerprint density at radius 1 is 1.55 bits per heavy atom. The Kier molecular flexibility index (Phi) is 5.41. The minimum Gasteiger partial charge on any atom is -0.329 e. The van der Waals surface area contributed by atoms with E-state index in [0.717, 1.165) is 0 Å². The third-order valence-corrected chi connectivity index (χ3v) is 5.10. The van der Waals surface area contributed by atoms with Gasteiger partial charge in [0.15, 0.2) is 0 Å². The minimum absolute atomic E-state index is 0.0844. The van der Waals surface area contributed by atoms with E-state index in [-0.39, 0.29) is 5.66 Å². The molecule has 0 aromatic heterocycles. The Balaban J connectivity index is 4.14. The fourth-order valence-electron chi connectivity index (χ4n) is 0.808. The van der Waals surface area contributed by atoms with Crippen LogP contribution in [0.1, 0.15) is 20.8 Å². The van der Waals surface area contributed by atoms with Gasteiger partial charge in [0.05, 0.1) is 6.61 Å². The Hall–Kier alpha value is 0.480. The van der Waals surface area contributed by atoms with E-state index in [1.807, 2.05) is 20.8 Å². The molecular weight excluding hydrogens is 183 g/mol. The van der Waals surface area contributed by atoms with Crippen LogP contribution in [0.15, 0.2) is 0 Å². The third kappa shape index (κ3) is 3.59. The van der Waals surface area contributed by atoms with Gasteiger partial charge < -0.3 is 4.52 Å². The number of hydrogen-bond acceptors (Lipinski definition) is 2. The Labute approximate surface area is 73.7 Å². The third-order valence-electron chi connectivity index (χ3n) is 1.53. The summed E-state index contributed by atoms with van der Waals surface area (Å²) in [4.78, 5) is 0. The van der Waals surface area contributed by atoms with E-state index in [1.54, 1.807) is 0 Å². The molecule has 0 aliphatic heterocycles. The SMILES string of the molecule is CCOP(=O)(CCCl)C(C)C. The summed E-state index contributed by atoms with van der Waals surface area (Å²) >= 11 is 5.51. The van der Waals surface area contributed by atoms with Crippen LogP contribution < -0.4 is 0 Å². The van der Waals surface area contributed by atoms with Crippen LogP contribution in [-0.4, -0.2) is 24.3 Å². The summed E-state index contributed by atoms with van der Waals surface area (Å²) in [5, 5.41) is 0. The second-order valence-electron chi connectivity index (χ2n) is 2.65. The van der Waals surface area contributed by atoms with Gasteiger partial charge in [-0.1, -0.05) is 13.8 Å². The van der Waals surface area contributed by atoms with Crippen LogP contribution in [-0.2, 0) is 9.09 Å². The standard InChI is InChI=1S/C7H16ClO2P/c1-4-10-11(9,6-5-8)7(2)3/h7H,4-6H2,1-3H3. The molecule has 0 spiro atoms. The lowest BCUT2D eigenvalue weighted by molar-refractivity contribution is 0.329. The highest BCUT2D eigenvalue weighted by Gasteiger charge is 2.25. The van der Waals surface area contributed by atoms with Gasteiger partial charge in [-0.05, 0) is 6.92 Å². The zero-order valence-corrected chi connectivity index (χ0v) is 8.99. The number of halogens is 1. The van der Waals surface area contributed by atoms with Crippen molar-refractivity contribution in [3.05, 3.63) is 0 Å². The molecule has 11 heavy (non-hydrogen) atoms.